The number of halogens is 1. The number of nitrogens with one attached hydrogen (secondary N) is 1. The third-order valence-electron chi connectivity index (χ3n) is 4.10. The molecule has 1 heterocycles. The predicted octanol–water partition coefficient (Wildman–Crippen LogP) is 2.86. The van der Waals surface area contributed by atoms with Crippen LogP contribution in [-0.4, -0.2) is 29.5 Å². The van der Waals surface area contributed by atoms with Gasteiger partial charge in [0.1, 0.15) is 0 Å². The molecular weight excluding hydrogens is 416 g/mol. The van der Waals surface area contributed by atoms with E-state index in [1.54, 1.807) is 11.0 Å². The van der Waals surface area contributed by atoms with Gasteiger partial charge in [-0.1, -0.05) is 28.1 Å². The van der Waals surface area contributed by atoms with Crippen molar-refractivity contribution in [2.24, 2.45) is 11.0 Å². The molecule has 0 unspecified atom stereocenters. The van der Waals surface area contributed by atoms with Gasteiger partial charge < -0.3 is 4.90 Å². The van der Waals surface area contributed by atoms with Gasteiger partial charge in [-0.2, -0.15) is 5.10 Å². The van der Waals surface area contributed by atoms with Gasteiger partial charge in [0.15, 0.2) is 0 Å². The highest BCUT2D eigenvalue weighted by molar-refractivity contribution is 9.10. The second kappa shape index (κ2) is 8.09. The molecule has 2 aromatic carbocycles. The molecule has 0 saturated carbocycles. The lowest BCUT2D eigenvalue weighted by atomic mass is 10.1. The number of amides is 2. The van der Waals surface area contributed by atoms with E-state index in [1.165, 1.54) is 24.4 Å². The first-order valence-corrected chi connectivity index (χ1v) is 8.86. The van der Waals surface area contributed by atoms with Gasteiger partial charge in [0.2, 0.25) is 11.8 Å². The smallest absolute Gasteiger partial charge is 0.270 e. The highest BCUT2D eigenvalue weighted by Gasteiger charge is 2.35. The lowest BCUT2D eigenvalue weighted by molar-refractivity contribution is -0.384. The zero-order chi connectivity index (χ0) is 19.4. The number of carbonyl (C=O) groups is 2. The molecule has 1 fully saturated rings. The third-order valence-corrected chi connectivity index (χ3v) is 4.63. The monoisotopic (exact) mass is 430 g/mol. The summed E-state index contributed by atoms with van der Waals surface area (Å²) in [4.78, 5) is 36.3. The van der Waals surface area contributed by atoms with Crippen LogP contribution in [0.3, 0.4) is 0 Å². The molecule has 0 bridgehead atoms. The summed E-state index contributed by atoms with van der Waals surface area (Å²) >= 11 is 3.34. The van der Waals surface area contributed by atoms with Crippen LogP contribution in [0, 0.1) is 16.0 Å². The van der Waals surface area contributed by atoms with Crippen molar-refractivity contribution in [3.05, 3.63) is 68.7 Å². The molecule has 0 spiro atoms. The van der Waals surface area contributed by atoms with Crippen LogP contribution in [0.15, 0.2) is 58.1 Å². The standard InChI is InChI=1S/C18H15BrN4O4/c19-14-4-6-15(7-5-14)22-11-13(9-17(22)24)18(25)21-20-10-12-2-1-3-16(8-12)23(26)27/h1-8,10,13H,9,11H2,(H,21,25)/t13-/m1/s1. The van der Waals surface area contributed by atoms with Crippen LogP contribution >= 0.6 is 15.9 Å². The molecule has 1 N–H and O–H groups in total. The number of carbonyl (C=O) groups excluding carboxylic acids is 2. The molecule has 1 saturated heterocycles. The van der Waals surface area contributed by atoms with Gasteiger partial charge in [-0.25, -0.2) is 5.43 Å². The van der Waals surface area contributed by atoms with Crippen molar-refractivity contribution in [2.75, 3.05) is 11.4 Å². The molecule has 138 valence electrons. The van der Waals surface area contributed by atoms with Crippen molar-refractivity contribution in [3.8, 4) is 0 Å². The maximum Gasteiger partial charge on any atom is 0.270 e. The molecular formula is C18H15BrN4O4. The Balaban J connectivity index is 1.60. The number of hydrogen-bond acceptors (Lipinski definition) is 5. The van der Waals surface area contributed by atoms with E-state index in [4.69, 9.17) is 0 Å². The maximum atomic E-state index is 12.3. The van der Waals surface area contributed by atoms with Crippen molar-refractivity contribution >= 4 is 45.3 Å². The van der Waals surface area contributed by atoms with Gasteiger partial charge in [0.05, 0.1) is 17.1 Å². The van der Waals surface area contributed by atoms with Crippen molar-refractivity contribution < 1.29 is 14.5 Å². The van der Waals surface area contributed by atoms with E-state index < -0.39 is 10.8 Å². The fourth-order valence-electron chi connectivity index (χ4n) is 2.73. The molecule has 0 radical (unpaired) electrons. The first-order chi connectivity index (χ1) is 12.9. The van der Waals surface area contributed by atoms with Crippen molar-refractivity contribution in [2.45, 2.75) is 6.42 Å². The minimum absolute atomic E-state index is 0.0585. The number of hydrogen-bond donors (Lipinski definition) is 1. The molecule has 8 nitrogen and oxygen atoms in total. The van der Waals surface area contributed by atoms with E-state index in [-0.39, 0.29) is 30.5 Å². The van der Waals surface area contributed by atoms with Crippen molar-refractivity contribution in [3.63, 3.8) is 0 Å². The molecule has 0 aliphatic carbocycles. The Bertz CT molecular complexity index is 914. The fraction of sp³-hybridized carbons (Fsp3) is 0.167. The zero-order valence-corrected chi connectivity index (χ0v) is 15.6. The Morgan fingerprint density at radius 2 is 2.04 bits per heavy atom. The van der Waals surface area contributed by atoms with E-state index in [9.17, 15) is 19.7 Å². The van der Waals surface area contributed by atoms with E-state index in [2.05, 4.69) is 26.5 Å². The van der Waals surface area contributed by atoms with Crippen LogP contribution in [0.1, 0.15) is 12.0 Å². The van der Waals surface area contributed by atoms with Crippen LogP contribution in [0.5, 0.6) is 0 Å². The minimum atomic E-state index is -0.511. The summed E-state index contributed by atoms with van der Waals surface area (Å²) in [6.07, 6.45) is 1.43. The highest BCUT2D eigenvalue weighted by Crippen LogP contribution is 2.26. The second-order valence-electron chi connectivity index (χ2n) is 5.97. The number of non-ortho nitro benzene ring substituents is 1. The Hall–Kier alpha value is -3.07. The van der Waals surface area contributed by atoms with E-state index in [1.807, 2.05) is 24.3 Å². The topological polar surface area (TPSA) is 105 Å². The van der Waals surface area contributed by atoms with Crippen LogP contribution in [-0.2, 0) is 9.59 Å². The summed E-state index contributed by atoms with van der Waals surface area (Å²) in [7, 11) is 0. The number of hydrazone groups is 1. The van der Waals surface area contributed by atoms with E-state index in [0.717, 1.165) is 10.2 Å². The number of nitro groups is 1. The Labute approximate surface area is 163 Å². The molecule has 3 rings (SSSR count). The molecule has 1 aliphatic heterocycles. The second-order valence-corrected chi connectivity index (χ2v) is 6.88. The van der Waals surface area contributed by atoms with Gasteiger partial charge in [0, 0.05) is 40.8 Å². The maximum absolute atomic E-state index is 12.3. The zero-order valence-electron chi connectivity index (χ0n) is 14.0. The van der Waals surface area contributed by atoms with Crippen LogP contribution < -0.4 is 10.3 Å². The van der Waals surface area contributed by atoms with Crippen LogP contribution in [0.25, 0.3) is 0 Å². The lowest BCUT2D eigenvalue weighted by Crippen LogP contribution is -2.30. The summed E-state index contributed by atoms with van der Waals surface area (Å²) in [5.41, 5.74) is 3.56. The minimum Gasteiger partial charge on any atom is -0.312 e. The molecule has 1 aliphatic rings. The number of rotatable bonds is 5. The van der Waals surface area contributed by atoms with Gasteiger partial charge in [-0.05, 0) is 24.3 Å². The molecule has 27 heavy (non-hydrogen) atoms. The average Bonchev–Trinajstić information content (AvgIpc) is 3.04. The van der Waals surface area contributed by atoms with Gasteiger partial charge in [0.25, 0.3) is 5.69 Å². The van der Waals surface area contributed by atoms with Crippen LogP contribution in [0.4, 0.5) is 11.4 Å². The summed E-state index contributed by atoms with van der Waals surface area (Å²) < 4.78 is 0.905. The van der Waals surface area contributed by atoms with E-state index in [0.29, 0.717) is 5.56 Å². The summed E-state index contributed by atoms with van der Waals surface area (Å²) in [5.74, 6) is -1.01. The molecule has 0 aromatic heterocycles. The number of nitrogens with zero attached hydrogens (tertiary/aromatic N) is 3. The number of benzene rings is 2. The van der Waals surface area contributed by atoms with Crippen molar-refractivity contribution in [1.29, 1.82) is 0 Å². The van der Waals surface area contributed by atoms with Crippen LogP contribution in [0.2, 0.25) is 0 Å². The fourth-order valence-corrected chi connectivity index (χ4v) is 3.00. The quantitative estimate of drug-likeness (QED) is 0.447. The molecule has 9 heteroatoms. The lowest BCUT2D eigenvalue weighted by Gasteiger charge is -2.16. The largest absolute Gasteiger partial charge is 0.312 e. The normalized spacial score (nSPS) is 16.7. The van der Waals surface area contributed by atoms with Crippen molar-refractivity contribution in [1.82, 2.24) is 5.43 Å². The average molecular weight is 431 g/mol. The summed E-state index contributed by atoms with van der Waals surface area (Å²) in [6, 6.07) is 13.2. The first-order valence-electron chi connectivity index (χ1n) is 8.07. The summed E-state index contributed by atoms with van der Waals surface area (Å²) in [5, 5.41) is 14.6. The van der Waals surface area contributed by atoms with Gasteiger partial charge in [-0.15, -0.1) is 0 Å². The predicted molar refractivity (Wildman–Crippen MR) is 103 cm³/mol. The number of anilines is 1. The Morgan fingerprint density at radius 1 is 1.30 bits per heavy atom. The summed E-state index contributed by atoms with van der Waals surface area (Å²) in [6.45, 7) is 0.276. The first kappa shape index (κ1) is 18.7. The Morgan fingerprint density at radius 3 is 2.74 bits per heavy atom. The third kappa shape index (κ3) is 4.56. The Kier molecular flexibility index (Phi) is 5.60. The highest BCUT2D eigenvalue weighted by atomic mass is 79.9. The molecule has 2 amide bonds. The van der Waals surface area contributed by atoms with Gasteiger partial charge in [-0.3, -0.25) is 19.7 Å². The molecule has 1 atom stereocenters. The SMILES string of the molecule is O=C(NN=Cc1cccc([N+](=O)[O-])c1)[C@@H]1CC(=O)N(c2ccc(Br)cc2)C1. The number of nitro benzene ring substituents is 1. The molecule has 2 aromatic rings. The van der Waals surface area contributed by atoms with Gasteiger partial charge >= 0.3 is 0 Å². The van der Waals surface area contributed by atoms with E-state index >= 15 is 0 Å².